The predicted octanol–water partition coefficient (Wildman–Crippen LogP) is 2.85. The van der Waals surface area contributed by atoms with E-state index in [1.165, 1.54) is 61.7 Å². The number of sulfonamides is 1. The number of fused-ring (bicyclic) bond motifs is 1. The largest absolute Gasteiger partial charge is 0.326 e. The molecular weight excluding hydrogens is 473 g/mol. The smallest absolute Gasteiger partial charge is 0.282 e. The first kappa shape index (κ1) is 23.9. The van der Waals surface area contributed by atoms with Gasteiger partial charge in [-0.3, -0.25) is 9.59 Å². The Kier molecular flexibility index (Phi) is 6.80. The molecule has 35 heavy (non-hydrogen) atoms. The molecule has 0 saturated heterocycles. The van der Waals surface area contributed by atoms with Crippen molar-refractivity contribution >= 4 is 38.7 Å². The van der Waals surface area contributed by atoms with Crippen molar-refractivity contribution in [1.82, 2.24) is 14.4 Å². The Balaban J connectivity index is 1.66. The summed E-state index contributed by atoms with van der Waals surface area (Å²) in [6.45, 7) is 1.03. The lowest BCUT2D eigenvalue weighted by atomic mass is 10.2. The van der Waals surface area contributed by atoms with E-state index < -0.39 is 21.4 Å². The van der Waals surface area contributed by atoms with E-state index in [2.05, 4.69) is 20.1 Å². The fourth-order valence-corrected chi connectivity index (χ4v) is 4.22. The van der Waals surface area contributed by atoms with Crippen molar-refractivity contribution in [2.24, 2.45) is 5.10 Å². The van der Waals surface area contributed by atoms with Crippen molar-refractivity contribution in [2.45, 2.75) is 18.4 Å². The van der Waals surface area contributed by atoms with Crippen LogP contribution in [0.2, 0.25) is 0 Å². The monoisotopic (exact) mass is 493 g/mol. The van der Waals surface area contributed by atoms with E-state index in [1.54, 1.807) is 24.3 Å². The molecule has 11 heteroatoms. The summed E-state index contributed by atoms with van der Waals surface area (Å²) >= 11 is 0. The molecule has 0 aliphatic rings. The average Bonchev–Trinajstić information content (AvgIpc) is 2.83. The predicted molar refractivity (Wildman–Crippen MR) is 130 cm³/mol. The maximum atomic E-state index is 13.2. The molecule has 0 fully saturated rings. The minimum Gasteiger partial charge on any atom is -0.326 e. The molecule has 0 atom stereocenters. The molecule has 0 spiro atoms. The Morgan fingerprint density at radius 1 is 1.06 bits per heavy atom. The number of hydrogen-bond acceptors (Lipinski definition) is 6. The van der Waals surface area contributed by atoms with Gasteiger partial charge < -0.3 is 5.32 Å². The highest BCUT2D eigenvalue weighted by molar-refractivity contribution is 7.89. The average molecular weight is 494 g/mol. The van der Waals surface area contributed by atoms with Crippen LogP contribution in [-0.4, -0.2) is 30.2 Å². The second-order valence-corrected chi connectivity index (χ2v) is 9.26. The van der Waals surface area contributed by atoms with Crippen LogP contribution >= 0.6 is 0 Å². The van der Waals surface area contributed by atoms with E-state index in [9.17, 15) is 22.4 Å². The van der Waals surface area contributed by atoms with Crippen molar-refractivity contribution in [3.63, 3.8) is 0 Å². The lowest BCUT2D eigenvalue weighted by Crippen LogP contribution is -2.29. The second-order valence-electron chi connectivity index (χ2n) is 7.49. The zero-order valence-corrected chi connectivity index (χ0v) is 19.3. The molecule has 2 N–H and O–H groups in total. The van der Waals surface area contributed by atoms with Crippen LogP contribution in [-0.2, 0) is 21.4 Å². The van der Waals surface area contributed by atoms with E-state index in [-0.39, 0.29) is 23.2 Å². The molecule has 3 aromatic carbocycles. The number of carbonyl (C=O) groups excluding carboxylic acids is 1. The number of nitrogens with one attached hydrogen (secondary N) is 2. The van der Waals surface area contributed by atoms with Gasteiger partial charge in [-0.25, -0.2) is 22.5 Å². The first-order valence-electron chi connectivity index (χ1n) is 10.4. The molecule has 0 aliphatic carbocycles. The van der Waals surface area contributed by atoms with Crippen molar-refractivity contribution in [2.75, 3.05) is 5.32 Å². The number of amides is 1. The third-order valence-corrected chi connectivity index (χ3v) is 6.34. The summed E-state index contributed by atoms with van der Waals surface area (Å²) < 4.78 is 42.3. The zero-order valence-electron chi connectivity index (χ0n) is 18.5. The number of anilines is 1. The Labute approximate surface area is 200 Å². The van der Waals surface area contributed by atoms with Crippen LogP contribution < -0.4 is 15.6 Å². The Bertz CT molecular complexity index is 1580. The van der Waals surface area contributed by atoms with E-state index in [0.29, 0.717) is 22.2 Å². The van der Waals surface area contributed by atoms with Crippen LogP contribution in [0.15, 0.2) is 87.6 Å². The van der Waals surface area contributed by atoms with Gasteiger partial charge in [0.1, 0.15) is 11.6 Å². The third kappa shape index (κ3) is 5.65. The molecular formula is C24H20FN5O4S. The van der Waals surface area contributed by atoms with Gasteiger partial charge in [0.15, 0.2) is 0 Å². The molecule has 0 radical (unpaired) electrons. The molecule has 178 valence electrons. The summed E-state index contributed by atoms with van der Waals surface area (Å²) in [4.78, 5) is 28.6. The van der Waals surface area contributed by atoms with Crippen molar-refractivity contribution in [3.8, 4) is 0 Å². The van der Waals surface area contributed by atoms with Gasteiger partial charge >= 0.3 is 0 Å². The van der Waals surface area contributed by atoms with E-state index in [0.717, 1.165) is 4.68 Å². The first-order chi connectivity index (χ1) is 16.7. The molecule has 0 unspecified atom stereocenters. The molecule has 4 aromatic rings. The van der Waals surface area contributed by atoms with Gasteiger partial charge in [0, 0.05) is 12.6 Å². The number of benzene rings is 3. The lowest BCUT2D eigenvalue weighted by Gasteiger charge is -2.11. The lowest BCUT2D eigenvalue weighted by molar-refractivity contribution is -0.114. The standard InChI is InChI=1S/C24H20FN5O4S/c1-16(31)28-19-10-12-20(13-11-19)35(33,34)27-15-23-29-22-5-3-2-4-21(22)24(32)30(23)26-14-17-6-8-18(25)9-7-17/h2-14,27H,15H2,1H3,(H,28,31)/b26-14+. The van der Waals surface area contributed by atoms with Gasteiger partial charge in [-0.15, -0.1) is 0 Å². The number of rotatable bonds is 7. The quantitative estimate of drug-likeness (QED) is 0.384. The number of hydrogen-bond donors (Lipinski definition) is 2. The fourth-order valence-electron chi connectivity index (χ4n) is 3.24. The van der Waals surface area contributed by atoms with Crippen LogP contribution in [0, 0.1) is 5.82 Å². The van der Waals surface area contributed by atoms with Crippen LogP contribution in [0.1, 0.15) is 18.3 Å². The van der Waals surface area contributed by atoms with Crippen LogP contribution in [0.5, 0.6) is 0 Å². The molecule has 1 heterocycles. The summed E-state index contributed by atoms with van der Waals surface area (Å²) in [5.74, 6) is -0.627. The minimum atomic E-state index is -3.97. The van der Waals surface area contributed by atoms with Crippen molar-refractivity contribution in [3.05, 3.63) is 100 Å². The van der Waals surface area contributed by atoms with Crippen molar-refractivity contribution in [1.29, 1.82) is 0 Å². The zero-order chi connectivity index (χ0) is 25.0. The summed E-state index contributed by atoms with van der Waals surface area (Å²) in [5.41, 5.74) is 0.899. The Morgan fingerprint density at radius 3 is 2.43 bits per heavy atom. The SMILES string of the molecule is CC(=O)Nc1ccc(S(=O)(=O)NCc2nc3ccccc3c(=O)n2/N=C/c2ccc(F)cc2)cc1. The third-order valence-electron chi connectivity index (χ3n) is 4.92. The highest BCUT2D eigenvalue weighted by Crippen LogP contribution is 2.15. The topological polar surface area (TPSA) is 123 Å². The molecule has 0 saturated carbocycles. The highest BCUT2D eigenvalue weighted by atomic mass is 32.2. The summed E-state index contributed by atoms with van der Waals surface area (Å²) in [6.07, 6.45) is 1.36. The summed E-state index contributed by atoms with van der Waals surface area (Å²) in [5, 5.41) is 7.06. The van der Waals surface area contributed by atoms with Crippen molar-refractivity contribution < 1.29 is 17.6 Å². The number of para-hydroxylation sites is 1. The normalized spacial score (nSPS) is 11.7. The summed E-state index contributed by atoms with van der Waals surface area (Å²) in [7, 11) is -3.97. The van der Waals surface area contributed by atoms with Gasteiger partial charge in [-0.1, -0.05) is 24.3 Å². The van der Waals surface area contributed by atoms with Crippen LogP contribution in [0.3, 0.4) is 0 Å². The molecule has 1 aromatic heterocycles. The molecule has 0 aliphatic heterocycles. The Hall–Kier alpha value is -4.22. The summed E-state index contributed by atoms with van der Waals surface area (Å²) in [6, 6.07) is 17.8. The van der Waals surface area contributed by atoms with Gasteiger partial charge in [-0.2, -0.15) is 9.78 Å². The minimum absolute atomic E-state index is 0.0314. The number of nitrogens with zero attached hydrogens (tertiary/aromatic N) is 3. The van der Waals surface area contributed by atoms with Crippen LogP contribution in [0.4, 0.5) is 10.1 Å². The maximum Gasteiger partial charge on any atom is 0.282 e. The number of carbonyl (C=O) groups is 1. The molecule has 9 nitrogen and oxygen atoms in total. The first-order valence-corrected chi connectivity index (χ1v) is 11.9. The van der Waals surface area contributed by atoms with Gasteiger partial charge in [0.05, 0.1) is 28.6 Å². The van der Waals surface area contributed by atoms with Gasteiger partial charge in [0.25, 0.3) is 5.56 Å². The number of aromatic nitrogens is 2. The Morgan fingerprint density at radius 2 is 1.74 bits per heavy atom. The fraction of sp³-hybridized carbons (Fsp3) is 0.0833. The van der Waals surface area contributed by atoms with Crippen LogP contribution in [0.25, 0.3) is 10.9 Å². The highest BCUT2D eigenvalue weighted by Gasteiger charge is 2.17. The molecule has 4 rings (SSSR count). The molecule has 1 amide bonds. The van der Waals surface area contributed by atoms with E-state index in [4.69, 9.17) is 0 Å². The molecule has 0 bridgehead atoms. The second kappa shape index (κ2) is 9.95. The number of halogens is 1. The maximum absolute atomic E-state index is 13.2. The van der Waals surface area contributed by atoms with Gasteiger partial charge in [0.2, 0.25) is 15.9 Å². The van der Waals surface area contributed by atoms with E-state index >= 15 is 0 Å². The van der Waals surface area contributed by atoms with E-state index in [1.807, 2.05) is 0 Å². The van der Waals surface area contributed by atoms with Gasteiger partial charge in [-0.05, 0) is 54.1 Å².